The molecular formula is C4H10O3SSi3. The van der Waals surface area contributed by atoms with Crippen molar-refractivity contribution in [2.45, 2.75) is 12.5 Å². The highest BCUT2D eigenvalue weighted by Crippen LogP contribution is 2.14. The molecule has 0 atom stereocenters. The molecule has 11 heavy (non-hydrogen) atoms. The summed E-state index contributed by atoms with van der Waals surface area (Å²) in [6, 6.07) is 0.736. The summed E-state index contributed by atoms with van der Waals surface area (Å²) in [5.41, 5.74) is 0. The molecule has 7 heteroatoms. The summed E-state index contributed by atoms with van der Waals surface area (Å²) in [4.78, 5) is 0. The van der Waals surface area contributed by atoms with Crippen molar-refractivity contribution in [3.8, 4) is 0 Å². The van der Waals surface area contributed by atoms with Gasteiger partial charge in [-0.15, -0.1) is 0 Å². The SMILES string of the molecule is CO[Si](CCCS)(O[Si])O[Si]. The number of hydrogen-bond donors (Lipinski definition) is 1. The fourth-order valence-corrected chi connectivity index (χ4v) is 3.90. The van der Waals surface area contributed by atoms with E-state index in [1.165, 1.54) is 0 Å². The largest absolute Gasteiger partial charge is 0.479 e. The van der Waals surface area contributed by atoms with Crippen LogP contribution in [0.5, 0.6) is 0 Å². The average Bonchev–Trinajstić information content (AvgIpc) is 2.08. The first kappa shape index (κ1) is 11.9. The van der Waals surface area contributed by atoms with Gasteiger partial charge in [0.05, 0.1) is 0 Å². The molecule has 0 aliphatic heterocycles. The van der Waals surface area contributed by atoms with Gasteiger partial charge in [0, 0.05) is 13.2 Å². The lowest BCUT2D eigenvalue weighted by atomic mass is 10.6. The van der Waals surface area contributed by atoms with E-state index in [-0.39, 0.29) is 0 Å². The Hall–Kier alpha value is 0.881. The third-order valence-electron chi connectivity index (χ3n) is 1.26. The molecule has 0 fully saturated rings. The van der Waals surface area contributed by atoms with E-state index in [1.54, 1.807) is 7.11 Å². The van der Waals surface area contributed by atoms with Gasteiger partial charge in [0.25, 0.3) is 0 Å². The van der Waals surface area contributed by atoms with Crippen LogP contribution in [0.1, 0.15) is 6.42 Å². The van der Waals surface area contributed by atoms with Gasteiger partial charge in [0.2, 0.25) is 21.0 Å². The lowest BCUT2D eigenvalue weighted by Crippen LogP contribution is -2.43. The molecule has 0 aliphatic carbocycles. The summed E-state index contributed by atoms with van der Waals surface area (Å²) in [5.74, 6) is 0.795. The van der Waals surface area contributed by atoms with Crippen LogP contribution >= 0.6 is 12.6 Å². The van der Waals surface area contributed by atoms with Gasteiger partial charge in [0.15, 0.2) is 0 Å². The minimum absolute atomic E-state index is 0.736. The Morgan fingerprint density at radius 1 is 1.36 bits per heavy atom. The van der Waals surface area contributed by atoms with Gasteiger partial charge >= 0.3 is 8.80 Å². The van der Waals surface area contributed by atoms with Crippen molar-refractivity contribution in [1.82, 2.24) is 0 Å². The van der Waals surface area contributed by atoms with Crippen LogP contribution in [0.15, 0.2) is 0 Å². The van der Waals surface area contributed by atoms with Crippen LogP contribution in [-0.4, -0.2) is 42.6 Å². The fraction of sp³-hybridized carbons (Fsp3) is 1.00. The molecule has 0 aromatic carbocycles. The normalized spacial score (nSPS) is 12.0. The molecule has 0 rings (SSSR count). The van der Waals surface area contributed by atoms with Crippen LogP contribution in [0.25, 0.3) is 0 Å². The van der Waals surface area contributed by atoms with Crippen molar-refractivity contribution < 1.29 is 12.7 Å². The molecule has 0 aliphatic rings. The van der Waals surface area contributed by atoms with Crippen molar-refractivity contribution in [3.63, 3.8) is 0 Å². The zero-order valence-corrected chi connectivity index (χ0v) is 10.2. The average molecular weight is 222 g/mol. The van der Waals surface area contributed by atoms with Crippen molar-refractivity contribution in [3.05, 3.63) is 0 Å². The highest BCUT2D eigenvalue weighted by atomic mass is 32.1. The molecule has 0 unspecified atom stereocenters. The summed E-state index contributed by atoms with van der Waals surface area (Å²) in [5, 5.41) is 0. The van der Waals surface area contributed by atoms with Crippen LogP contribution in [0.3, 0.4) is 0 Å². The lowest BCUT2D eigenvalue weighted by Gasteiger charge is -2.24. The first-order valence-corrected chi connectivity index (χ1v) is 6.48. The van der Waals surface area contributed by atoms with Gasteiger partial charge in [-0.2, -0.15) is 12.6 Å². The third-order valence-corrected chi connectivity index (χ3v) is 5.66. The minimum Gasteiger partial charge on any atom is -0.416 e. The van der Waals surface area contributed by atoms with E-state index in [0.29, 0.717) is 0 Å². The molecule has 0 N–H and O–H groups in total. The maximum atomic E-state index is 5.10. The van der Waals surface area contributed by atoms with E-state index in [4.69, 9.17) is 12.7 Å². The van der Waals surface area contributed by atoms with E-state index in [2.05, 4.69) is 33.6 Å². The zero-order chi connectivity index (χ0) is 8.74. The molecule has 0 amide bonds. The monoisotopic (exact) mass is 222 g/mol. The van der Waals surface area contributed by atoms with Crippen LogP contribution in [0, 0.1) is 0 Å². The van der Waals surface area contributed by atoms with Gasteiger partial charge in [-0.05, 0) is 12.2 Å². The highest BCUT2D eigenvalue weighted by molar-refractivity contribution is 7.80. The first-order valence-electron chi connectivity index (χ1n) is 3.10. The van der Waals surface area contributed by atoms with Crippen LogP contribution in [-0.2, 0) is 12.7 Å². The number of thiol groups is 1. The third kappa shape index (κ3) is 3.88. The summed E-state index contributed by atoms with van der Waals surface area (Å²) >= 11 is 4.07. The Labute approximate surface area is 80.7 Å². The molecule has 3 nitrogen and oxygen atoms in total. The molecular weight excluding hydrogens is 212 g/mol. The number of hydrogen-bond acceptors (Lipinski definition) is 4. The predicted molar refractivity (Wildman–Crippen MR) is 49.7 cm³/mol. The Bertz CT molecular complexity index is 92.3. The molecule has 0 saturated carbocycles. The Kier molecular flexibility index (Phi) is 6.92. The molecule has 6 radical (unpaired) electrons. The van der Waals surface area contributed by atoms with Crippen LogP contribution in [0.2, 0.25) is 6.04 Å². The Morgan fingerprint density at radius 3 is 2.18 bits per heavy atom. The van der Waals surface area contributed by atoms with Crippen LogP contribution in [0.4, 0.5) is 0 Å². The second kappa shape index (κ2) is 6.40. The predicted octanol–water partition coefficient (Wildman–Crippen LogP) is 0.0918. The minimum atomic E-state index is -2.46. The molecule has 0 aromatic rings. The number of rotatable bonds is 6. The van der Waals surface area contributed by atoms with E-state index in [9.17, 15) is 0 Å². The topological polar surface area (TPSA) is 27.7 Å². The van der Waals surface area contributed by atoms with Gasteiger partial charge in [-0.1, -0.05) is 0 Å². The maximum Gasteiger partial charge on any atom is 0.479 e. The van der Waals surface area contributed by atoms with Gasteiger partial charge in [0.1, 0.15) is 0 Å². The van der Waals surface area contributed by atoms with Crippen molar-refractivity contribution >= 4 is 42.4 Å². The van der Waals surface area contributed by atoms with Gasteiger partial charge < -0.3 is 12.7 Å². The van der Waals surface area contributed by atoms with E-state index < -0.39 is 8.80 Å². The standard InChI is InChI=1S/C4H10O3SSi3/c1-5-11(6-9,7-10)4-2-3-8/h8H,2-4H2,1H3. The quantitative estimate of drug-likeness (QED) is 0.510. The van der Waals surface area contributed by atoms with E-state index in [1.807, 2.05) is 0 Å². The maximum absolute atomic E-state index is 5.10. The molecule has 62 valence electrons. The van der Waals surface area contributed by atoms with Crippen molar-refractivity contribution in [1.29, 1.82) is 0 Å². The second-order valence-electron chi connectivity index (χ2n) is 1.92. The fourth-order valence-electron chi connectivity index (χ4n) is 0.604. The van der Waals surface area contributed by atoms with Crippen molar-refractivity contribution in [2.75, 3.05) is 12.9 Å². The smallest absolute Gasteiger partial charge is 0.416 e. The highest BCUT2D eigenvalue weighted by Gasteiger charge is 2.35. The Morgan fingerprint density at radius 2 is 1.91 bits per heavy atom. The summed E-state index contributed by atoms with van der Waals surface area (Å²) < 4.78 is 15.0. The first-order chi connectivity index (χ1) is 5.24. The molecule has 0 aromatic heterocycles. The zero-order valence-electron chi connectivity index (χ0n) is 6.29. The Balaban J connectivity index is 3.84. The van der Waals surface area contributed by atoms with E-state index >= 15 is 0 Å². The van der Waals surface area contributed by atoms with E-state index in [0.717, 1.165) is 18.2 Å². The summed E-state index contributed by atoms with van der Waals surface area (Å²) in [6.45, 7) is 0. The molecule has 0 bridgehead atoms. The second-order valence-corrected chi connectivity index (χ2v) is 6.27. The molecule has 0 saturated heterocycles. The summed E-state index contributed by atoms with van der Waals surface area (Å²) in [7, 11) is 4.95. The summed E-state index contributed by atoms with van der Waals surface area (Å²) in [6.07, 6.45) is 0.901. The molecule has 0 spiro atoms. The lowest BCUT2D eigenvalue weighted by molar-refractivity contribution is 0.218. The van der Waals surface area contributed by atoms with Crippen molar-refractivity contribution in [2.24, 2.45) is 0 Å². The van der Waals surface area contributed by atoms with Gasteiger partial charge in [-0.25, -0.2) is 0 Å². The molecule has 0 heterocycles. The van der Waals surface area contributed by atoms with Crippen LogP contribution < -0.4 is 0 Å². The van der Waals surface area contributed by atoms with Gasteiger partial charge in [-0.3, -0.25) is 0 Å².